The molecule has 2 atom stereocenters. The van der Waals surface area contributed by atoms with E-state index < -0.39 is 12.0 Å². The number of aliphatic carboxylic acids is 1. The summed E-state index contributed by atoms with van der Waals surface area (Å²) in [5.74, 6) is -0.464. The summed E-state index contributed by atoms with van der Waals surface area (Å²) in [6.07, 6.45) is 0.591. The van der Waals surface area contributed by atoms with E-state index in [4.69, 9.17) is 10.2 Å². The van der Waals surface area contributed by atoms with E-state index in [0.29, 0.717) is 12.3 Å². The smallest absolute Gasteiger partial charge is 0.320 e. The number of carbonyl (C=O) groups is 1. The second-order valence-electron chi connectivity index (χ2n) is 4.59. The van der Waals surface area contributed by atoms with Crippen molar-refractivity contribution >= 4 is 5.97 Å². The molecule has 0 aliphatic carbocycles. The predicted molar refractivity (Wildman–Crippen MR) is 59.7 cm³/mol. The van der Waals surface area contributed by atoms with Gasteiger partial charge in [0.2, 0.25) is 0 Å². The molecule has 0 saturated carbocycles. The molecule has 4 nitrogen and oxygen atoms in total. The SMILES string of the molecule is CC(C)C(CCO)NC(C(=O)O)C(C)C. The molecule has 2 unspecified atom stereocenters. The molecular weight excluding hydrogens is 194 g/mol. The summed E-state index contributed by atoms with van der Waals surface area (Å²) in [5, 5.41) is 21.0. The predicted octanol–water partition coefficient (Wildman–Crippen LogP) is 1.09. The maximum atomic E-state index is 11.0. The minimum Gasteiger partial charge on any atom is -0.480 e. The van der Waals surface area contributed by atoms with Crippen LogP contribution in [0, 0.1) is 11.8 Å². The van der Waals surface area contributed by atoms with E-state index in [1.807, 2.05) is 27.7 Å². The Kier molecular flexibility index (Phi) is 6.52. The molecule has 15 heavy (non-hydrogen) atoms. The van der Waals surface area contributed by atoms with Crippen molar-refractivity contribution in [2.75, 3.05) is 6.61 Å². The summed E-state index contributed by atoms with van der Waals surface area (Å²) in [4.78, 5) is 11.0. The Balaban J connectivity index is 4.40. The summed E-state index contributed by atoms with van der Waals surface area (Å²) >= 11 is 0. The summed E-state index contributed by atoms with van der Waals surface area (Å²) in [5.41, 5.74) is 0. The van der Waals surface area contributed by atoms with Crippen molar-refractivity contribution in [1.82, 2.24) is 5.32 Å². The number of carboxylic acids is 1. The van der Waals surface area contributed by atoms with Crippen molar-refractivity contribution in [3.05, 3.63) is 0 Å². The van der Waals surface area contributed by atoms with E-state index in [9.17, 15) is 4.79 Å². The molecule has 0 aromatic rings. The molecular formula is C11H23NO3. The maximum Gasteiger partial charge on any atom is 0.320 e. The Morgan fingerprint density at radius 3 is 2.00 bits per heavy atom. The summed E-state index contributed by atoms with van der Waals surface area (Å²) < 4.78 is 0. The second kappa shape index (κ2) is 6.80. The lowest BCUT2D eigenvalue weighted by Crippen LogP contribution is -2.48. The molecule has 0 amide bonds. The fraction of sp³-hybridized carbons (Fsp3) is 0.909. The third-order valence-corrected chi connectivity index (χ3v) is 2.57. The van der Waals surface area contributed by atoms with Crippen LogP contribution in [0.4, 0.5) is 0 Å². The third kappa shape index (κ3) is 5.14. The topological polar surface area (TPSA) is 69.6 Å². The molecule has 0 aromatic carbocycles. The summed E-state index contributed by atoms with van der Waals surface area (Å²) in [7, 11) is 0. The lowest BCUT2D eigenvalue weighted by molar-refractivity contribution is -0.141. The highest BCUT2D eigenvalue weighted by atomic mass is 16.4. The molecule has 0 aliphatic rings. The molecule has 90 valence electrons. The van der Waals surface area contributed by atoms with E-state index in [1.165, 1.54) is 0 Å². The molecule has 4 heteroatoms. The van der Waals surface area contributed by atoms with Crippen LogP contribution in [0.25, 0.3) is 0 Å². The molecule has 0 saturated heterocycles. The van der Waals surface area contributed by atoms with Gasteiger partial charge >= 0.3 is 5.97 Å². The van der Waals surface area contributed by atoms with Crippen LogP contribution in [-0.4, -0.2) is 34.9 Å². The average Bonchev–Trinajstić information content (AvgIpc) is 2.10. The van der Waals surface area contributed by atoms with Crippen molar-refractivity contribution in [3.8, 4) is 0 Å². The van der Waals surface area contributed by atoms with Crippen LogP contribution in [0.1, 0.15) is 34.1 Å². The average molecular weight is 217 g/mol. The molecule has 0 fully saturated rings. The highest BCUT2D eigenvalue weighted by Crippen LogP contribution is 2.10. The van der Waals surface area contributed by atoms with Gasteiger partial charge in [0.1, 0.15) is 6.04 Å². The molecule has 0 aromatic heterocycles. The van der Waals surface area contributed by atoms with E-state index in [0.717, 1.165) is 0 Å². The van der Waals surface area contributed by atoms with Gasteiger partial charge in [-0.2, -0.15) is 0 Å². The van der Waals surface area contributed by atoms with Gasteiger partial charge in [-0.25, -0.2) is 0 Å². The van der Waals surface area contributed by atoms with Crippen molar-refractivity contribution in [1.29, 1.82) is 0 Å². The third-order valence-electron chi connectivity index (χ3n) is 2.57. The van der Waals surface area contributed by atoms with Crippen LogP contribution in [0.3, 0.4) is 0 Å². The van der Waals surface area contributed by atoms with Crippen LogP contribution >= 0.6 is 0 Å². The van der Waals surface area contributed by atoms with Gasteiger partial charge < -0.3 is 15.5 Å². The molecule has 3 N–H and O–H groups in total. The second-order valence-corrected chi connectivity index (χ2v) is 4.59. The Bertz CT molecular complexity index is 192. The Labute approximate surface area is 91.7 Å². The maximum absolute atomic E-state index is 11.0. The van der Waals surface area contributed by atoms with E-state index in [2.05, 4.69) is 5.32 Å². The van der Waals surface area contributed by atoms with Crippen LogP contribution in [0.5, 0.6) is 0 Å². The zero-order valence-corrected chi connectivity index (χ0v) is 10.0. The zero-order chi connectivity index (χ0) is 12.0. The number of nitrogens with one attached hydrogen (secondary N) is 1. The van der Waals surface area contributed by atoms with E-state index >= 15 is 0 Å². The van der Waals surface area contributed by atoms with Crippen LogP contribution < -0.4 is 5.32 Å². The Morgan fingerprint density at radius 2 is 1.73 bits per heavy atom. The van der Waals surface area contributed by atoms with Gasteiger partial charge in [0.05, 0.1) is 0 Å². The van der Waals surface area contributed by atoms with Gasteiger partial charge in [0.25, 0.3) is 0 Å². The van der Waals surface area contributed by atoms with Gasteiger partial charge in [-0.15, -0.1) is 0 Å². The van der Waals surface area contributed by atoms with Crippen molar-refractivity contribution < 1.29 is 15.0 Å². The Hall–Kier alpha value is -0.610. The molecule has 0 rings (SSSR count). The van der Waals surface area contributed by atoms with Crippen LogP contribution in [0.15, 0.2) is 0 Å². The molecule has 0 heterocycles. The molecule has 0 spiro atoms. The van der Waals surface area contributed by atoms with Gasteiger partial charge in [-0.3, -0.25) is 4.79 Å². The fourth-order valence-corrected chi connectivity index (χ4v) is 1.53. The number of rotatable bonds is 7. The van der Waals surface area contributed by atoms with Crippen molar-refractivity contribution in [2.24, 2.45) is 11.8 Å². The monoisotopic (exact) mass is 217 g/mol. The minimum absolute atomic E-state index is 0.0439. The molecule has 0 bridgehead atoms. The number of aliphatic hydroxyl groups excluding tert-OH is 1. The highest BCUT2D eigenvalue weighted by molar-refractivity contribution is 5.73. The van der Waals surface area contributed by atoms with Gasteiger partial charge in [-0.1, -0.05) is 27.7 Å². The number of hydrogen-bond donors (Lipinski definition) is 3. The first-order valence-corrected chi connectivity index (χ1v) is 5.49. The van der Waals surface area contributed by atoms with Gasteiger partial charge in [0, 0.05) is 12.6 Å². The highest BCUT2D eigenvalue weighted by Gasteiger charge is 2.25. The first-order chi connectivity index (χ1) is 6.90. The first kappa shape index (κ1) is 14.4. The van der Waals surface area contributed by atoms with Crippen LogP contribution in [0.2, 0.25) is 0 Å². The van der Waals surface area contributed by atoms with Crippen molar-refractivity contribution in [3.63, 3.8) is 0 Å². The van der Waals surface area contributed by atoms with Gasteiger partial charge in [-0.05, 0) is 18.3 Å². The van der Waals surface area contributed by atoms with Gasteiger partial charge in [0.15, 0.2) is 0 Å². The number of aliphatic hydroxyl groups is 1. The Morgan fingerprint density at radius 1 is 1.20 bits per heavy atom. The number of carboxylic acid groups (broad SMARTS) is 1. The van der Waals surface area contributed by atoms with E-state index in [1.54, 1.807) is 0 Å². The lowest BCUT2D eigenvalue weighted by atomic mass is 9.97. The molecule has 0 radical (unpaired) electrons. The zero-order valence-electron chi connectivity index (χ0n) is 10.0. The minimum atomic E-state index is -0.825. The summed E-state index contributed by atoms with van der Waals surface area (Å²) in [6, 6.07) is -0.484. The largest absolute Gasteiger partial charge is 0.480 e. The fourth-order valence-electron chi connectivity index (χ4n) is 1.53. The lowest BCUT2D eigenvalue weighted by Gasteiger charge is -2.27. The number of hydrogen-bond acceptors (Lipinski definition) is 3. The first-order valence-electron chi connectivity index (χ1n) is 5.49. The van der Waals surface area contributed by atoms with Crippen LogP contribution in [-0.2, 0) is 4.79 Å². The normalized spacial score (nSPS) is 15.7. The molecule has 0 aliphatic heterocycles. The summed E-state index contributed by atoms with van der Waals surface area (Å²) in [6.45, 7) is 7.88. The quantitative estimate of drug-likeness (QED) is 0.597. The standard InChI is InChI=1S/C11H23NO3/c1-7(2)9(5-6-13)12-10(8(3)4)11(14)15/h7-10,12-13H,5-6H2,1-4H3,(H,14,15). The van der Waals surface area contributed by atoms with Crippen molar-refractivity contribution in [2.45, 2.75) is 46.2 Å². The van der Waals surface area contributed by atoms with E-state index in [-0.39, 0.29) is 18.6 Å².